The number of carbonyl (C=O) groups is 2. The molecular formula is C21H23N3O4. The Hall–Kier alpha value is -3.06. The van der Waals surface area contributed by atoms with Crippen molar-refractivity contribution in [3.05, 3.63) is 59.7 Å². The Labute approximate surface area is 163 Å². The Morgan fingerprint density at radius 1 is 0.893 bits per heavy atom. The van der Waals surface area contributed by atoms with Crippen LogP contribution >= 0.6 is 0 Å². The van der Waals surface area contributed by atoms with Crippen molar-refractivity contribution < 1.29 is 19.1 Å². The molecule has 0 aliphatic carbocycles. The fourth-order valence-electron chi connectivity index (χ4n) is 3.40. The van der Waals surface area contributed by atoms with Crippen LogP contribution in [0.15, 0.2) is 48.5 Å². The number of hydrogen-bond acceptors (Lipinski definition) is 5. The SMILES string of the molecule is O=C(NCc1ccccc1)C(=O)N1CCN(Cc2ccc3c(c2)OCO3)CC1. The molecule has 1 fully saturated rings. The van der Waals surface area contributed by atoms with Crippen molar-refractivity contribution in [1.29, 1.82) is 0 Å². The third-order valence-electron chi connectivity index (χ3n) is 4.99. The van der Waals surface area contributed by atoms with Crippen LogP contribution < -0.4 is 14.8 Å². The molecule has 146 valence electrons. The number of ether oxygens (including phenoxy) is 2. The maximum atomic E-state index is 12.4. The summed E-state index contributed by atoms with van der Waals surface area (Å²) in [5, 5.41) is 2.70. The first kappa shape index (κ1) is 18.3. The summed E-state index contributed by atoms with van der Waals surface area (Å²) in [6.45, 7) is 3.95. The van der Waals surface area contributed by atoms with Gasteiger partial charge < -0.3 is 19.7 Å². The Bertz CT molecular complexity index is 848. The second-order valence-electron chi connectivity index (χ2n) is 6.92. The predicted octanol–water partition coefficient (Wildman–Crippen LogP) is 1.38. The molecule has 7 nitrogen and oxygen atoms in total. The van der Waals surface area contributed by atoms with Gasteiger partial charge in [-0.15, -0.1) is 0 Å². The Morgan fingerprint density at radius 3 is 2.43 bits per heavy atom. The van der Waals surface area contributed by atoms with Crippen LogP contribution in [0.5, 0.6) is 11.5 Å². The Morgan fingerprint density at radius 2 is 1.64 bits per heavy atom. The summed E-state index contributed by atoms with van der Waals surface area (Å²) in [6.07, 6.45) is 0. The highest BCUT2D eigenvalue weighted by atomic mass is 16.7. The summed E-state index contributed by atoms with van der Waals surface area (Å²) in [5.74, 6) is 0.550. The molecule has 2 aromatic carbocycles. The molecule has 0 spiro atoms. The number of fused-ring (bicyclic) bond motifs is 1. The molecule has 2 amide bonds. The first-order valence-corrected chi connectivity index (χ1v) is 9.41. The quantitative estimate of drug-likeness (QED) is 0.811. The highest BCUT2D eigenvalue weighted by Gasteiger charge is 2.26. The third-order valence-corrected chi connectivity index (χ3v) is 4.99. The second kappa shape index (κ2) is 8.31. The molecule has 1 N–H and O–H groups in total. The summed E-state index contributed by atoms with van der Waals surface area (Å²) >= 11 is 0. The molecule has 1 saturated heterocycles. The van der Waals surface area contributed by atoms with Crippen LogP contribution in [0.4, 0.5) is 0 Å². The molecule has 0 saturated carbocycles. The Balaban J connectivity index is 1.24. The summed E-state index contributed by atoms with van der Waals surface area (Å²) < 4.78 is 10.8. The molecule has 0 bridgehead atoms. The highest BCUT2D eigenvalue weighted by molar-refractivity contribution is 6.35. The molecule has 0 radical (unpaired) electrons. The van der Waals surface area contributed by atoms with Crippen molar-refractivity contribution in [3.63, 3.8) is 0 Å². The van der Waals surface area contributed by atoms with E-state index in [9.17, 15) is 9.59 Å². The van der Waals surface area contributed by atoms with Crippen LogP contribution in [-0.4, -0.2) is 54.6 Å². The van der Waals surface area contributed by atoms with Crippen LogP contribution in [0.25, 0.3) is 0 Å². The van der Waals surface area contributed by atoms with Crippen molar-refractivity contribution in [2.24, 2.45) is 0 Å². The predicted molar refractivity (Wildman–Crippen MR) is 103 cm³/mol. The van der Waals surface area contributed by atoms with E-state index in [1.54, 1.807) is 4.90 Å². The lowest BCUT2D eigenvalue weighted by molar-refractivity contribution is -0.147. The van der Waals surface area contributed by atoms with Gasteiger partial charge in [-0.2, -0.15) is 0 Å². The van der Waals surface area contributed by atoms with Gasteiger partial charge in [-0.3, -0.25) is 14.5 Å². The number of nitrogens with one attached hydrogen (secondary N) is 1. The second-order valence-corrected chi connectivity index (χ2v) is 6.92. The molecule has 0 aromatic heterocycles. The number of rotatable bonds is 4. The van der Waals surface area contributed by atoms with Gasteiger partial charge in [0.25, 0.3) is 0 Å². The molecule has 2 heterocycles. The zero-order valence-corrected chi connectivity index (χ0v) is 15.6. The average molecular weight is 381 g/mol. The number of carbonyl (C=O) groups excluding carboxylic acids is 2. The van der Waals surface area contributed by atoms with Crippen LogP contribution in [0.3, 0.4) is 0 Å². The van der Waals surface area contributed by atoms with Gasteiger partial charge in [-0.25, -0.2) is 0 Å². The summed E-state index contributed by atoms with van der Waals surface area (Å²) in [5.41, 5.74) is 2.11. The van der Waals surface area contributed by atoms with Crippen LogP contribution in [0.2, 0.25) is 0 Å². The fourth-order valence-corrected chi connectivity index (χ4v) is 3.40. The van der Waals surface area contributed by atoms with Gasteiger partial charge in [0, 0.05) is 39.3 Å². The monoisotopic (exact) mass is 381 g/mol. The lowest BCUT2D eigenvalue weighted by atomic mass is 10.1. The maximum Gasteiger partial charge on any atom is 0.311 e. The van der Waals surface area contributed by atoms with E-state index in [4.69, 9.17) is 9.47 Å². The lowest BCUT2D eigenvalue weighted by Gasteiger charge is -2.34. The van der Waals surface area contributed by atoms with Crippen molar-refractivity contribution in [2.75, 3.05) is 33.0 Å². The molecule has 7 heteroatoms. The topological polar surface area (TPSA) is 71.1 Å². The van der Waals surface area contributed by atoms with Crippen molar-refractivity contribution in [1.82, 2.24) is 15.1 Å². The fraction of sp³-hybridized carbons (Fsp3) is 0.333. The summed E-state index contributed by atoms with van der Waals surface area (Å²) in [6, 6.07) is 15.5. The first-order chi connectivity index (χ1) is 13.7. The minimum absolute atomic E-state index is 0.270. The van der Waals surface area contributed by atoms with Crippen LogP contribution in [0.1, 0.15) is 11.1 Å². The van der Waals surface area contributed by atoms with E-state index in [-0.39, 0.29) is 6.79 Å². The van der Waals surface area contributed by atoms with E-state index in [0.717, 1.165) is 42.3 Å². The zero-order chi connectivity index (χ0) is 19.3. The largest absolute Gasteiger partial charge is 0.454 e. The van der Waals surface area contributed by atoms with Gasteiger partial charge in [0.05, 0.1) is 0 Å². The van der Waals surface area contributed by atoms with Gasteiger partial charge in [-0.1, -0.05) is 36.4 Å². The maximum absolute atomic E-state index is 12.4. The van der Waals surface area contributed by atoms with Crippen molar-refractivity contribution in [2.45, 2.75) is 13.1 Å². The van der Waals surface area contributed by atoms with Gasteiger partial charge >= 0.3 is 11.8 Å². The summed E-state index contributed by atoms with van der Waals surface area (Å²) in [7, 11) is 0. The van der Waals surface area contributed by atoms with E-state index in [1.165, 1.54) is 0 Å². The van der Waals surface area contributed by atoms with Gasteiger partial charge in [-0.05, 0) is 23.3 Å². The number of benzene rings is 2. The van der Waals surface area contributed by atoms with Crippen molar-refractivity contribution >= 4 is 11.8 Å². The molecule has 28 heavy (non-hydrogen) atoms. The third kappa shape index (κ3) is 4.26. The number of hydrogen-bond donors (Lipinski definition) is 1. The van der Waals surface area contributed by atoms with E-state index in [1.807, 2.05) is 48.5 Å². The van der Waals surface area contributed by atoms with E-state index >= 15 is 0 Å². The first-order valence-electron chi connectivity index (χ1n) is 9.41. The average Bonchev–Trinajstić information content (AvgIpc) is 3.21. The smallest absolute Gasteiger partial charge is 0.311 e. The number of piperazine rings is 1. The molecule has 0 atom stereocenters. The lowest BCUT2D eigenvalue weighted by Crippen LogP contribution is -2.52. The minimum atomic E-state index is -0.548. The zero-order valence-electron chi connectivity index (χ0n) is 15.6. The van der Waals surface area contributed by atoms with Crippen molar-refractivity contribution in [3.8, 4) is 11.5 Å². The molecule has 2 aromatic rings. The van der Waals surface area contributed by atoms with E-state index in [0.29, 0.717) is 19.6 Å². The molecule has 4 rings (SSSR count). The highest BCUT2D eigenvalue weighted by Crippen LogP contribution is 2.32. The number of amides is 2. The van der Waals surface area contributed by atoms with Crippen LogP contribution in [0, 0.1) is 0 Å². The van der Waals surface area contributed by atoms with Crippen LogP contribution in [-0.2, 0) is 22.7 Å². The van der Waals surface area contributed by atoms with E-state index in [2.05, 4.69) is 10.2 Å². The van der Waals surface area contributed by atoms with Gasteiger partial charge in [0.2, 0.25) is 6.79 Å². The molecular weight excluding hydrogens is 358 g/mol. The normalized spacial score (nSPS) is 16.1. The standard InChI is InChI=1S/C21H23N3O4/c25-20(22-13-16-4-2-1-3-5-16)21(26)24-10-8-23(9-11-24)14-17-6-7-18-19(12-17)28-15-27-18/h1-7,12H,8-11,13-15H2,(H,22,25). The van der Waals surface area contributed by atoms with Gasteiger partial charge in [0.15, 0.2) is 11.5 Å². The minimum Gasteiger partial charge on any atom is -0.454 e. The number of nitrogens with zero attached hydrogens (tertiary/aromatic N) is 2. The Kier molecular flexibility index (Phi) is 5.43. The summed E-state index contributed by atoms with van der Waals surface area (Å²) in [4.78, 5) is 28.4. The van der Waals surface area contributed by atoms with Gasteiger partial charge in [0.1, 0.15) is 0 Å². The molecule has 2 aliphatic rings. The van der Waals surface area contributed by atoms with E-state index < -0.39 is 11.8 Å². The molecule has 0 unspecified atom stereocenters. The molecule has 2 aliphatic heterocycles.